The Labute approximate surface area is 110 Å². The summed E-state index contributed by atoms with van der Waals surface area (Å²) in [4.78, 5) is 2.02. The lowest BCUT2D eigenvalue weighted by Gasteiger charge is -2.56. The molecule has 1 atom stereocenters. The molecule has 0 radical (unpaired) electrons. The number of ether oxygens (including phenoxy) is 1. The number of aliphatic hydroxyl groups is 1. The van der Waals surface area contributed by atoms with Gasteiger partial charge in [-0.05, 0) is 70.4 Å². The van der Waals surface area contributed by atoms with E-state index in [2.05, 4.69) is 0 Å². The maximum Gasteiger partial charge on any atom is 0.0900 e. The Morgan fingerprint density at radius 3 is 2.06 bits per heavy atom. The van der Waals surface area contributed by atoms with Gasteiger partial charge in [0.2, 0.25) is 0 Å². The van der Waals surface area contributed by atoms with Crippen LogP contribution >= 0.6 is 0 Å². The molecule has 3 nitrogen and oxygen atoms in total. The quantitative estimate of drug-likeness (QED) is 0.812. The molecule has 104 valence electrons. The smallest absolute Gasteiger partial charge is 0.0900 e. The van der Waals surface area contributed by atoms with Crippen molar-refractivity contribution in [2.75, 3.05) is 27.2 Å². The van der Waals surface area contributed by atoms with Crippen LogP contribution in [0.25, 0.3) is 0 Å². The van der Waals surface area contributed by atoms with Gasteiger partial charge in [0.25, 0.3) is 0 Å². The van der Waals surface area contributed by atoms with Crippen LogP contribution in [0.15, 0.2) is 0 Å². The molecule has 0 unspecified atom stereocenters. The molecule has 1 N–H and O–H groups in total. The first-order valence-corrected chi connectivity index (χ1v) is 7.51. The minimum Gasteiger partial charge on any atom is -0.389 e. The molecule has 0 amide bonds. The van der Waals surface area contributed by atoms with E-state index in [1.807, 2.05) is 19.0 Å². The SMILES string of the molecule is CN(C)C[C@@H](O)COC12CC3CC(CC(C3)C1)C2. The van der Waals surface area contributed by atoms with Crippen LogP contribution in [-0.4, -0.2) is 49.0 Å². The highest BCUT2D eigenvalue weighted by Gasteiger charge is 2.51. The zero-order valence-electron chi connectivity index (χ0n) is 11.8. The summed E-state index contributed by atoms with van der Waals surface area (Å²) in [5.74, 6) is 2.76. The molecule has 0 aromatic rings. The standard InChI is InChI=1S/C15H27NO2/c1-16(2)9-14(17)10-18-15-6-11-3-12(7-15)5-13(4-11)8-15/h11-14,17H,3-10H2,1-2H3/t11?,12?,13?,14-,15?/m1/s1. The van der Waals surface area contributed by atoms with Crippen molar-refractivity contribution < 1.29 is 9.84 Å². The molecule has 0 aliphatic heterocycles. The summed E-state index contributed by atoms with van der Waals surface area (Å²) in [6.07, 6.45) is 7.77. The minimum atomic E-state index is -0.340. The van der Waals surface area contributed by atoms with Gasteiger partial charge in [0.15, 0.2) is 0 Å². The fraction of sp³-hybridized carbons (Fsp3) is 1.00. The first kappa shape index (κ1) is 12.9. The molecule has 3 heteroatoms. The predicted octanol–water partition coefficient (Wildman–Crippen LogP) is 1.89. The summed E-state index contributed by atoms with van der Waals surface area (Å²) in [7, 11) is 3.99. The van der Waals surface area contributed by atoms with E-state index in [4.69, 9.17) is 4.74 Å². The van der Waals surface area contributed by atoms with Gasteiger partial charge in [0.05, 0.1) is 18.3 Å². The summed E-state index contributed by atoms with van der Waals surface area (Å²) < 4.78 is 6.23. The monoisotopic (exact) mass is 253 g/mol. The van der Waals surface area contributed by atoms with Crippen molar-refractivity contribution in [3.05, 3.63) is 0 Å². The summed E-state index contributed by atoms with van der Waals surface area (Å²) in [5, 5.41) is 9.95. The van der Waals surface area contributed by atoms with Crippen molar-refractivity contribution in [2.45, 2.75) is 50.2 Å². The van der Waals surface area contributed by atoms with Gasteiger partial charge >= 0.3 is 0 Å². The highest BCUT2D eigenvalue weighted by Crippen LogP contribution is 2.57. The molecule has 0 aromatic heterocycles. The Morgan fingerprint density at radius 2 is 1.61 bits per heavy atom. The number of rotatable bonds is 5. The molecule has 0 saturated heterocycles. The summed E-state index contributed by atoms with van der Waals surface area (Å²) in [6.45, 7) is 1.22. The van der Waals surface area contributed by atoms with Crippen LogP contribution in [0, 0.1) is 17.8 Å². The minimum absolute atomic E-state index is 0.141. The average Bonchev–Trinajstić information content (AvgIpc) is 2.23. The first-order chi connectivity index (χ1) is 8.55. The molecule has 0 aromatic carbocycles. The average molecular weight is 253 g/mol. The van der Waals surface area contributed by atoms with Gasteiger partial charge < -0.3 is 14.7 Å². The molecule has 4 bridgehead atoms. The van der Waals surface area contributed by atoms with Crippen molar-refractivity contribution in [1.82, 2.24) is 4.90 Å². The maximum absolute atomic E-state index is 9.95. The Balaban J connectivity index is 1.56. The molecule has 4 rings (SSSR count). The lowest BCUT2D eigenvalue weighted by Crippen LogP contribution is -2.53. The maximum atomic E-state index is 9.95. The van der Waals surface area contributed by atoms with Gasteiger partial charge in [-0.2, -0.15) is 0 Å². The molecule has 0 heterocycles. The Hall–Kier alpha value is -0.120. The summed E-state index contributed by atoms with van der Waals surface area (Å²) in [6, 6.07) is 0. The van der Waals surface area contributed by atoms with Gasteiger partial charge in [-0.3, -0.25) is 0 Å². The van der Waals surface area contributed by atoms with Crippen molar-refractivity contribution in [2.24, 2.45) is 17.8 Å². The fourth-order valence-corrected chi connectivity index (χ4v) is 4.96. The molecular weight excluding hydrogens is 226 g/mol. The molecule has 4 saturated carbocycles. The van der Waals surface area contributed by atoms with E-state index >= 15 is 0 Å². The van der Waals surface area contributed by atoms with Crippen LogP contribution in [0.4, 0.5) is 0 Å². The topological polar surface area (TPSA) is 32.7 Å². The zero-order valence-corrected chi connectivity index (χ0v) is 11.8. The van der Waals surface area contributed by atoms with E-state index in [1.165, 1.54) is 38.5 Å². The van der Waals surface area contributed by atoms with Crippen LogP contribution in [0.3, 0.4) is 0 Å². The van der Waals surface area contributed by atoms with E-state index < -0.39 is 0 Å². The largest absolute Gasteiger partial charge is 0.389 e. The first-order valence-electron chi connectivity index (χ1n) is 7.51. The van der Waals surface area contributed by atoms with Crippen LogP contribution in [0.2, 0.25) is 0 Å². The second kappa shape index (κ2) is 4.77. The molecule has 4 aliphatic rings. The van der Waals surface area contributed by atoms with Gasteiger partial charge in [-0.15, -0.1) is 0 Å². The van der Waals surface area contributed by atoms with E-state index in [1.54, 1.807) is 0 Å². The Kier molecular flexibility index (Phi) is 3.41. The van der Waals surface area contributed by atoms with Crippen LogP contribution in [0.5, 0.6) is 0 Å². The second-order valence-electron chi connectivity index (χ2n) is 7.33. The number of hydrogen-bond donors (Lipinski definition) is 1. The Bertz CT molecular complexity index is 268. The third-order valence-corrected chi connectivity index (χ3v) is 5.14. The number of likely N-dealkylation sites (N-methyl/N-ethyl adjacent to an activating group) is 1. The van der Waals surface area contributed by atoms with Crippen molar-refractivity contribution in [3.8, 4) is 0 Å². The van der Waals surface area contributed by atoms with Gasteiger partial charge in [-0.1, -0.05) is 0 Å². The van der Waals surface area contributed by atoms with Crippen molar-refractivity contribution in [3.63, 3.8) is 0 Å². The second-order valence-corrected chi connectivity index (χ2v) is 7.33. The van der Waals surface area contributed by atoms with E-state index in [-0.39, 0.29) is 11.7 Å². The molecule has 18 heavy (non-hydrogen) atoms. The van der Waals surface area contributed by atoms with Crippen LogP contribution in [0.1, 0.15) is 38.5 Å². The third-order valence-electron chi connectivity index (χ3n) is 5.14. The van der Waals surface area contributed by atoms with Crippen molar-refractivity contribution >= 4 is 0 Å². The van der Waals surface area contributed by atoms with E-state index in [0.717, 1.165) is 17.8 Å². The summed E-state index contributed by atoms with van der Waals surface area (Å²) in [5.41, 5.74) is 0.141. The fourth-order valence-electron chi connectivity index (χ4n) is 4.96. The normalized spacial score (nSPS) is 43.7. The van der Waals surface area contributed by atoms with Gasteiger partial charge in [0, 0.05) is 6.54 Å². The lowest BCUT2D eigenvalue weighted by atomic mass is 9.54. The van der Waals surface area contributed by atoms with Crippen LogP contribution < -0.4 is 0 Å². The van der Waals surface area contributed by atoms with Gasteiger partial charge in [-0.25, -0.2) is 0 Å². The van der Waals surface area contributed by atoms with E-state index in [0.29, 0.717) is 13.2 Å². The van der Waals surface area contributed by atoms with Crippen LogP contribution in [-0.2, 0) is 4.74 Å². The lowest BCUT2D eigenvalue weighted by molar-refractivity contribution is -0.175. The van der Waals surface area contributed by atoms with Gasteiger partial charge in [0.1, 0.15) is 0 Å². The Morgan fingerprint density at radius 1 is 1.11 bits per heavy atom. The molecule has 4 fully saturated rings. The number of nitrogens with zero attached hydrogens (tertiary/aromatic N) is 1. The third kappa shape index (κ3) is 2.59. The zero-order chi connectivity index (χ0) is 12.8. The van der Waals surface area contributed by atoms with Crippen molar-refractivity contribution in [1.29, 1.82) is 0 Å². The molecular formula is C15H27NO2. The number of hydrogen-bond acceptors (Lipinski definition) is 3. The summed E-state index contributed by atoms with van der Waals surface area (Å²) >= 11 is 0. The molecule has 4 aliphatic carbocycles. The highest BCUT2D eigenvalue weighted by atomic mass is 16.5. The number of aliphatic hydroxyl groups excluding tert-OH is 1. The van der Waals surface area contributed by atoms with E-state index in [9.17, 15) is 5.11 Å². The molecule has 0 spiro atoms. The predicted molar refractivity (Wildman–Crippen MR) is 71.4 cm³/mol. The highest BCUT2D eigenvalue weighted by molar-refractivity contribution is 5.03.